The summed E-state index contributed by atoms with van der Waals surface area (Å²) in [6, 6.07) is 17.0. The van der Waals surface area contributed by atoms with Crippen LogP contribution >= 0.6 is 0 Å². The van der Waals surface area contributed by atoms with Crippen LogP contribution in [0.2, 0.25) is 37.3 Å². The first kappa shape index (κ1) is 12.9. The summed E-state index contributed by atoms with van der Waals surface area (Å²) in [5.74, 6) is 0. The maximum atomic E-state index is 2.96. The first-order valence-electron chi connectivity index (χ1n) is 6.91. The Bertz CT molecular complexity index is 363. The summed E-state index contributed by atoms with van der Waals surface area (Å²) in [5.41, 5.74) is 1.51. The van der Waals surface area contributed by atoms with Gasteiger partial charge in [0.1, 0.15) is 16.5 Å². The third kappa shape index (κ3) is 2.10. The van der Waals surface area contributed by atoms with Crippen LogP contribution in [-0.4, -0.2) is 16.5 Å². The van der Waals surface area contributed by atoms with E-state index in [9.17, 15) is 0 Å². The van der Waals surface area contributed by atoms with Crippen LogP contribution in [-0.2, 0) is 0 Å². The summed E-state index contributed by atoms with van der Waals surface area (Å²) < 4.78 is 2.96. The van der Waals surface area contributed by atoms with Gasteiger partial charge in [-0.1, -0.05) is 45.1 Å². The van der Waals surface area contributed by atoms with Crippen LogP contribution in [0.25, 0.3) is 0 Å². The fourth-order valence-corrected chi connectivity index (χ4v) is 17.8. The van der Waals surface area contributed by atoms with E-state index in [1.807, 2.05) is 0 Å². The minimum Gasteiger partial charge on any atom is -0.424 e. The SMILES string of the molecule is CC[Si]1(C)CC[Si](C)(CC)N1c1ccccc1. The van der Waals surface area contributed by atoms with Crippen LogP contribution in [0.3, 0.4) is 0 Å². The zero-order valence-corrected chi connectivity index (χ0v) is 13.7. The maximum absolute atomic E-state index is 2.96. The molecule has 0 aromatic heterocycles. The van der Waals surface area contributed by atoms with Crippen molar-refractivity contribution in [3.8, 4) is 0 Å². The average Bonchev–Trinajstić information content (AvgIpc) is 2.64. The van der Waals surface area contributed by atoms with E-state index < -0.39 is 16.5 Å². The van der Waals surface area contributed by atoms with Crippen molar-refractivity contribution < 1.29 is 0 Å². The summed E-state index contributed by atoms with van der Waals surface area (Å²) >= 11 is 0. The van der Waals surface area contributed by atoms with E-state index >= 15 is 0 Å². The largest absolute Gasteiger partial charge is 0.424 e. The molecule has 1 aromatic carbocycles. The van der Waals surface area contributed by atoms with Crippen molar-refractivity contribution in [2.75, 3.05) is 4.23 Å². The minimum absolute atomic E-state index is 1.19. The highest BCUT2D eigenvalue weighted by Gasteiger charge is 2.50. The molecule has 0 bridgehead atoms. The molecule has 3 heteroatoms. The van der Waals surface area contributed by atoms with Crippen molar-refractivity contribution in [1.29, 1.82) is 0 Å². The Kier molecular flexibility index (Phi) is 3.50. The number of rotatable bonds is 3. The van der Waals surface area contributed by atoms with Crippen LogP contribution in [0.5, 0.6) is 0 Å². The maximum Gasteiger partial charge on any atom is 0.144 e. The predicted molar refractivity (Wildman–Crippen MR) is 82.7 cm³/mol. The van der Waals surface area contributed by atoms with E-state index in [0.29, 0.717) is 0 Å². The lowest BCUT2D eigenvalue weighted by Crippen LogP contribution is -2.57. The van der Waals surface area contributed by atoms with E-state index in [1.165, 1.54) is 29.9 Å². The van der Waals surface area contributed by atoms with Crippen LogP contribution in [0.1, 0.15) is 13.8 Å². The van der Waals surface area contributed by atoms with Gasteiger partial charge in [-0.25, -0.2) is 0 Å². The third-order valence-electron chi connectivity index (χ3n) is 4.82. The van der Waals surface area contributed by atoms with E-state index in [0.717, 1.165) is 0 Å². The highest BCUT2D eigenvalue weighted by atomic mass is 28.4. The van der Waals surface area contributed by atoms with Crippen LogP contribution < -0.4 is 4.23 Å². The molecule has 17 heavy (non-hydrogen) atoms. The number of hydrogen-bond acceptors (Lipinski definition) is 1. The van der Waals surface area contributed by atoms with E-state index in [1.54, 1.807) is 0 Å². The van der Waals surface area contributed by atoms with Crippen molar-refractivity contribution in [2.24, 2.45) is 0 Å². The normalized spacial score (nSPS) is 33.1. The fourth-order valence-electron chi connectivity index (χ4n) is 3.28. The molecule has 1 nitrogen and oxygen atoms in total. The Hall–Kier alpha value is -0.546. The van der Waals surface area contributed by atoms with Crippen molar-refractivity contribution in [1.82, 2.24) is 0 Å². The van der Waals surface area contributed by atoms with Gasteiger partial charge in [0.2, 0.25) is 0 Å². The summed E-state index contributed by atoms with van der Waals surface area (Å²) in [7, 11) is -2.38. The summed E-state index contributed by atoms with van der Waals surface area (Å²) in [5, 5.41) is 0. The number of para-hydroxylation sites is 1. The second-order valence-corrected chi connectivity index (χ2v) is 15.6. The molecule has 2 rings (SSSR count). The molecule has 2 unspecified atom stereocenters. The monoisotopic (exact) mass is 263 g/mol. The summed E-state index contributed by atoms with van der Waals surface area (Å²) in [6.07, 6.45) is 0. The molecule has 0 saturated carbocycles. The average molecular weight is 264 g/mol. The number of benzene rings is 1. The first-order chi connectivity index (χ1) is 8.06. The topological polar surface area (TPSA) is 3.24 Å². The Morgan fingerprint density at radius 1 is 0.941 bits per heavy atom. The van der Waals surface area contributed by atoms with Gasteiger partial charge >= 0.3 is 0 Å². The Balaban J connectivity index is 2.44. The van der Waals surface area contributed by atoms with E-state index in [2.05, 4.69) is 61.5 Å². The highest BCUT2D eigenvalue weighted by molar-refractivity contribution is 7.05. The molecular weight excluding hydrogens is 238 g/mol. The van der Waals surface area contributed by atoms with Crippen LogP contribution in [0.15, 0.2) is 30.3 Å². The number of hydrogen-bond donors (Lipinski definition) is 0. The molecule has 94 valence electrons. The van der Waals surface area contributed by atoms with Crippen molar-refractivity contribution in [3.05, 3.63) is 30.3 Å². The number of nitrogens with zero attached hydrogens (tertiary/aromatic N) is 1. The molecule has 0 spiro atoms. The van der Waals surface area contributed by atoms with Crippen molar-refractivity contribution in [2.45, 2.75) is 51.1 Å². The van der Waals surface area contributed by atoms with Gasteiger partial charge in [0, 0.05) is 5.69 Å². The molecule has 0 N–H and O–H groups in total. The van der Waals surface area contributed by atoms with Crippen molar-refractivity contribution >= 4 is 22.2 Å². The summed E-state index contributed by atoms with van der Waals surface area (Å²) in [6.45, 7) is 9.98. The van der Waals surface area contributed by atoms with Crippen LogP contribution in [0.4, 0.5) is 5.69 Å². The highest BCUT2D eigenvalue weighted by Crippen LogP contribution is 2.44. The smallest absolute Gasteiger partial charge is 0.144 e. The van der Waals surface area contributed by atoms with Crippen molar-refractivity contribution in [3.63, 3.8) is 0 Å². The van der Waals surface area contributed by atoms with Gasteiger partial charge in [-0.2, -0.15) is 0 Å². The predicted octanol–water partition coefficient (Wildman–Crippen LogP) is 4.70. The third-order valence-corrected chi connectivity index (χ3v) is 16.9. The second kappa shape index (κ2) is 4.61. The molecule has 1 heterocycles. The summed E-state index contributed by atoms with van der Waals surface area (Å²) in [4.78, 5) is 0. The van der Waals surface area contributed by atoms with E-state index in [4.69, 9.17) is 0 Å². The van der Waals surface area contributed by atoms with Gasteiger partial charge in [-0.3, -0.25) is 0 Å². The first-order valence-corrected chi connectivity index (χ1v) is 12.6. The second-order valence-electron chi connectivity index (χ2n) is 5.87. The fraction of sp³-hybridized carbons (Fsp3) is 0.571. The van der Waals surface area contributed by atoms with Gasteiger partial charge in [0.05, 0.1) is 0 Å². The lowest BCUT2D eigenvalue weighted by atomic mass is 10.3. The zero-order chi connectivity index (χ0) is 12.5. The molecule has 1 saturated heterocycles. The zero-order valence-electron chi connectivity index (χ0n) is 11.7. The van der Waals surface area contributed by atoms with Gasteiger partial charge in [0.25, 0.3) is 0 Å². The van der Waals surface area contributed by atoms with Gasteiger partial charge in [-0.15, -0.1) is 0 Å². The molecule has 1 aliphatic heterocycles. The Labute approximate surface area is 108 Å². The van der Waals surface area contributed by atoms with Gasteiger partial charge in [0.15, 0.2) is 0 Å². The number of anilines is 1. The Morgan fingerprint density at radius 3 is 1.82 bits per heavy atom. The molecule has 0 aliphatic carbocycles. The molecule has 1 fully saturated rings. The van der Waals surface area contributed by atoms with Gasteiger partial charge in [-0.05, 0) is 36.3 Å². The quantitative estimate of drug-likeness (QED) is 0.715. The molecule has 1 aliphatic rings. The minimum atomic E-state index is -1.19. The lowest BCUT2D eigenvalue weighted by molar-refractivity contribution is 1.25. The standard InChI is InChI=1S/C14H25NSi2/c1-5-16(3)12-13-17(4,6-2)15(16)14-10-8-7-9-11-14/h7-11H,5-6,12-13H2,1-4H3. The Morgan fingerprint density at radius 2 is 1.41 bits per heavy atom. The lowest BCUT2D eigenvalue weighted by Gasteiger charge is -2.44. The molecule has 0 radical (unpaired) electrons. The van der Waals surface area contributed by atoms with Crippen LogP contribution in [0, 0.1) is 0 Å². The van der Waals surface area contributed by atoms with E-state index in [-0.39, 0.29) is 0 Å². The molecule has 1 aromatic rings. The molecular formula is C14H25NSi2. The molecule has 0 amide bonds. The molecule has 2 atom stereocenters. The van der Waals surface area contributed by atoms with Gasteiger partial charge < -0.3 is 4.23 Å².